The van der Waals surface area contributed by atoms with Crippen molar-refractivity contribution < 1.29 is 9.59 Å². The summed E-state index contributed by atoms with van der Waals surface area (Å²) in [4.78, 5) is 26.2. The number of hydrogen-bond acceptors (Lipinski definition) is 3. The molecule has 1 aromatic carbocycles. The van der Waals surface area contributed by atoms with E-state index in [9.17, 15) is 9.59 Å². The van der Waals surface area contributed by atoms with E-state index in [1.807, 2.05) is 45.0 Å². The van der Waals surface area contributed by atoms with Gasteiger partial charge in [0.05, 0.1) is 6.04 Å². The number of rotatable bonds is 4. The van der Waals surface area contributed by atoms with E-state index in [0.29, 0.717) is 6.54 Å². The highest BCUT2D eigenvalue weighted by molar-refractivity contribution is 6.02. The molecule has 2 N–H and O–H groups in total. The molecule has 0 spiro atoms. The number of nitrogens with one attached hydrogen (secondary N) is 2. The molecule has 2 amide bonds. The predicted octanol–water partition coefficient (Wildman–Crippen LogP) is 1.43. The number of benzene rings is 1. The van der Waals surface area contributed by atoms with Crippen molar-refractivity contribution in [1.82, 2.24) is 10.6 Å². The summed E-state index contributed by atoms with van der Waals surface area (Å²) in [6.07, 6.45) is 0.869. The minimum atomic E-state index is -0.297. The van der Waals surface area contributed by atoms with Crippen molar-refractivity contribution in [3.8, 4) is 0 Å². The maximum absolute atomic E-state index is 12.5. The highest BCUT2D eigenvalue weighted by Gasteiger charge is 2.28. The largest absolute Gasteiger partial charge is 0.352 e. The van der Waals surface area contributed by atoms with Gasteiger partial charge in [0.15, 0.2) is 0 Å². The molecule has 21 heavy (non-hydrogen) atoms. The van der Waals surface area contributed by atoms with Gasteiger partial charge < -0.3 is 15.5 Å². The highest BCUT2D eigenvalue weighted by Crippen LogP contribution is 2.23. The Labute approximate surface area is 125 Å². The number of carbonyl (C=O) groups excluding carboxylic acids is 2. The summed E-state index contributed by atoms with van der Waals surface area (Å²) in [6, 6.07) is 7.52. The lowest BCUT2D eigenvalue weighted by atomic mass is 10.1. The zero-order chi connectivity index (χ0) is 15.4. The number of fused-ring (bicyclic) bond motifs is 1. The minimum absolute atomic E-state index is 0.0617. The first kappa shape index (κ1) is 15.5. The second-order valence-electron chi connectivity index (χ2n) is 5.53. The first-order valence-electron chi connectivity index (χ1n) is 7.45. The fourth-order valence-corrected chi connectivity index (χ4v) is 2.36. The Bertz CT molecular complexity index is 530. The lowest BCUT2D eigenvalue weighted by Crippen LogP contribution is -2.48. The van der Waals surface area contributed by atoms with Crippen LogP contribution >= 0.6 is 0 Å². The standard InChI is InChI=1S/C16H23N3O2/c1-4-11(2)18-15(20)10-19-14-8-6-5-7-13(14)9-17-12(3)16(19)21/h5-8,11-12,17H,4,9-10H2,1-3H3,(H,18,20). The third-order valence-electron chi connectivity index (χ3n) is 3.84. The van der Waals surface area contributed by atoms with Gasteiger partial charge in [-0.25, -0.2) is 0 Å². The molecule has 5 heteroatoms. The van der Waals surface area contributed by atoms with E-state index >= 15 is 0 Å². The number of nitrogens with zero attached hydrogens (tertiary/aromatic N) is 1. The molecular weight excluding hydrogens is 266 g/mol. The number of amides is 2. The number of anilines is 1. The maximum atomic E-state index is 12.5. The molecular formula is C16H23N3O2. The summed E-state index contributed by atoms with van der Waals surface area (Å²) >= 11 is 0. The molecule has 2 unspecified atom stereocenters. The van der Waals surface area contributed by atoms with Gasteiger partial charge in [0, 0.05) is 18.3 Å². The Hall–Kier alpha value is -1.88. The summed E-state index contributed by atoms with van der Waals surface area (Å²) in [6.45, 7) is 6.50. The second-order valence-corrected chi connectivity index (χ2v) is 5.53. The van der Waals surface area contributed by atoms with Gasteiger partial charge in [-0.3, -0.25) is 9.59 Å². The van der Waals surface area contributed by atoms with Crippen LogP contribution in [0.4, 0.5) is 5.69 Å². The Kier molecular flexibility index (Phi) is 4.96. The van der Waals surface area contributed by atoms with E-state index < -0.39 is 0 Å². The van der Waals surface area contributed by atoms with Crippen LogP contribution in [0.3, 0.4) is 0 Å². The summed E-state index contributed by atoms with van der Waals surface area (Å²) in [5.41, 5.74) is 1.85. The number of para-hydroxylation sites is 1. The van der Waals surface area contributed by atoms with Gasteiger partial charge in [-0.1, -0.05) is 25.1 Å². The van der Waals surface area contributed by atoms with Gasteiger partial charge in [0.2, 0.25) is 11.8 Å². The van der Waals surface area contributed by atoms with Crippen LogP contribution in [0.2, 0.25) is 0 Å². The van der Waals surface area contributed by atoms with Crippen LogP contribution in [0.1, 0.15) is 32.8 Å². The van der Waals surface area contributed by atoms with Crippen molar-refractivity contribution in [2.75, 3.05) is 11.4 Å². The van der Waals surface area contributed by atoms with Crippen LogP contribution in [0.15, 0.2) is 24.3 Å². The lowest BCUT2D eigenvalue weighted by Gasteiger charge is -2.24. The molecule has 0 radical (unpaired) electrons. The molecule has 114 valence electrons. The first-order chi connectivity index (χ1) is 10.0. The molecule has 0 aliphatic carbocycles. The lowest BCUT2D eigenvalue weighted by molar-refractivity contribution is -0.124. The van der Waals surface area contributed by atoms with Crippen molar-refractivity contribution in [3.05, 3.63) is 29.8 Å². The SMILES string of the molecule is CCC(C)NC(=O)CN1C(=O)C(C)NCc2ccccc21. The number of hydrogen-bond donors (Lipinski definition) is 2. The van der Waals surface area contributed by atoms with Crippen LogP contribution in [0.5, 0.6) is 0 Å². The van der Waals surface area contributed by atoms with Crippen LogP contribution in [-0.2, 0) is 16.1 Å². The monoisotopic (exact) mass is 289 g/mol. The molecule has 0 bridgehead atoms. The van der Waals surface area contributed by atoms with Gasteiger partial charge in [-0.15, -0.1) is 0 Å². The summed E-state index contributed by atoms with van der Waals surface area (Å²) < 4.78 is 0. The maximum Gasteiger partial charge on any atom is 0.244 e. The topological polar surface area (TPSA) is 61.4 Å². The van der Waals surface area contributed by atoms with E-state index in [0.717, 1.165) is 17.7 Å². The molecule has 1 heterocycles. The van der Waals surface area contributed by atoms with E-state index in [4.69, 9.17) is 0 Å². The average Bonchev–Trinajstić information content (AvgIpc) is 2.59. The van der Waals surface area contributed by atoms with Crippen molar-refractivity contribution in [2.24, 2.45) is 0 Å². The Balaban J connectivity index is 2.22. The van der Waals surface area contributed by atoms with E-state index in [1.54, 1.807) is 4.90 Å². The Morgan fingerprint density at radius 3 is 2.90 bits per heavy atom. The van der Waals surface area contributed by atoms with Gasteiger partial charge in [-0.05, 0) is 31.9 Å². The van der Waals surface area contributed by atoms with Crippen molar-refractivity contribution in [3.63, 3.8) is 0 Å². The van der Waals surface area contributed by atoms with Crippen LogP contribution < -0.4 is 15.5 Å². The minimum Gasteiger partial charge on any atom is -0.352 e. The summed E-state index contributed by atoms with van der Waals surface area (Å²) in [5.74, 6) is -0.194. The third-order valence-corrected chi connectivity index (χ3v) is 3.84. The Morgan fingerprint density at radius 2 is 2.19 bits per heavy atom. The molecule has 0 fully saturated rings. The summed E-state index contributed by atoms with van der Waals surface area (Å²) in [5, 5.41) is 6.09. The van der Waals surface area contributed by atoms with E-state index in [1.165, 1.54) is 0 Å². The average molecular weight is 289 g/mol. The highest BCUT2D eigenvalue weighted by atomic mass is 16.2. The summed E-state index contributed by atoms with van der Waals surface area (Å²) in [7, 11) is 0. The molecule has 0 saturated carbocycles. The zero-order valence-electron chi connectivity index (χ0n) is 12.8. The molecule has 0 saturated heterocycles. The van der Waals surface area contributed by atoms with Crippen molar-refractivity contribution in [1.29, 1.82) is 0 Å². The third kappa shape index (κ3) is 3.61. The quantitative estimate of drug-likeness (QED) is 0.881. The van der Waals surface area contributed by atoms with Gasteiger partial charge >= 0.3 is 0 Å². The smallest absolute Gasteiger partial charge is 0.244 e. The van der Waals surface area contributed by atoms with E-state index in [2.05, 4.69) is 10.6 Å². The molecule has 2 rings (SSSR count). The molecule has 1 aliphatic rings. The predicted molar refractivity (Wildman–Crippen MR) is 83.0 cm³/mol. The first-order valence-corrected chi connectivity index (χ1v) is 7.45. The Morgan fingerprint density at radius 1 is 1.48 bits per heavy atom. The van der Waals surface area contributed by atoms with Crippen LogP contribution in [0.25, 0.3) is 0 Å². The fourth-order valence-electron chi connectivity index (χ4n) is 2.36. The van der Waals surface area contributed by atoms with Crippen molar-refractivity contribution in [2.45, 2.75) is 45.8 Å². The zero-order valence-corrected chi connectivity index (χ0v) is 12.8. The van der Waals surface area contributed by atoms with Crippen LogP contribution in [-0.4, -0.2) is 30.4 Å². The second kappa shape index (κ2) is 6.72. The normalized spacial score (nSPS) is 19.7. The van der Waals surface area contributed by atoms with Gasteiger partial charge in [0.1, 0.15) is 6.54 Å². The fraction of sp³-hybridized carbons (Fsp3) is 0.500. The molecule has 2 atom stereocenters. The van der Waals surface area contributed by atoms with Gasteiger partial charge in [-0.2, -0.15) is 0 Å². The molecule has 0 aromatic heterocycles. The van der Waals surface area contributed by atoms with Crippen molar-refractivity contribution >= 4 is 17.5 Å². The molecule has 5 nitrogen and oxygen atoms in total. The van der Waals surface area contributed by atoms with E-state index in [-0.39, 0.29) is 30.4 Å². The molecule has 1 aliphatic heterocycles. The number of carbonyl (C=O) groups is 2. The van der Waals surface area contributed by atoms with Gasteiger partial charge in [0.25, 0.3) is 0 Å². The molecule has 1 aromatic rings. The van der Waals surface area contributed by atoms with Crippen LogP contribution in [0, 0.1) is 0 Å².